The van der Waals surface area contributed by atoms with Gasteiger partial charge in [-0.25, -0.2) is 4.98 Å². The fourth-order valence-corrected chi connectivity index (χ4v) is 2.94. The van der Waals surface area contributed by atoms with E-state index in [1.54, 1.807) is 18.5 Å². The van der Waals surface area contributed by atoms with Crippen molar-refractivity contribution in [2.24, 2.45) is 5.73 Å². The van der Waals surface area contributed by atoms with Crippen molar-refractivity contribution in [1.29, 1.82) is 0 Å². The molecule has 2 heterocycles. The van der Waals surface area contributed by atoms with Crippen molar-refractivity contribution in [1.82, 2.24) is 9.97 Å². The number of fused-ring (bicyclic) bond motifs is 1. The Morgan fingerprint density at radius 3 is 2.81 bits per heavy atom. The first-order valence-corrected chi connectivity index (χ1v) is 7.43. The summed E-state index contributed by atoms with van der Waals surface area (Å²) >= 11 is 3.56. The highest BCUT2D eigenvalue weighted by molar-refractivity contribution is 9.10. The van der Waals surface area contributed by atoms with Crippen LogP contribution < -0.4 is 11.5 Å². The number of pyridine rings is 2. The summed E-state index contributed by atoms with van der Waals surface area (Å²) in [6.07, 6.45) is 4.03. The van der Waals surface area contributed by atoms with E-state index in [0.29, 0.717) is 12.1 Å². The molecule has 0 saturated carbocycles. The molecule has 0 aliphatic rings. The largest absolute Gasteiger partial charge is 0.398 e. The van der Waals surface area contributed by atoms with Crippen LogP contribution in [0, 0.1) is 0 Å². The van der Waals surface area contributed by atoms with E-state index in [1.165, 1.54) is 0 Å². The van der Waals surface area contributed by atoms with Gasteiger partial charge in [0, 0.05) is 27.9 Å². The third kappa shape index (κ3) is 2.89. The van der Waals surface area contributed by atoms with Crippen LogP contribution in [0.15, 0.2) is 53.3 Å². The highest BCUT2D eigenvalue weighted by atomic mass is 79.9. The summed E-state index contributed by atoms with van der Waals surface area (Å²) in [6, 6.07) is 11.6. The van der Waals surface area contributed by atoms with Crippen molar-refractivity contribution in [3.05, 3.63) is 64.5 Å². The second-order valence-electron chi connectivity index (χ2n) is 4.93. The topological polar surface area (TPSA) is 77.8 Å². The van der Waals surface area contributed by atoms with Crippen molar-refractivity contribution in [3.8, 4) is 0 Å². The third-order valence-electron chi connectivity index (χ3n) is 3.44. The van der Waals surface area contributed by atoms with Gasteiger partial charge in [0.05, 0.1) is 17.3 Å². The number of nitrogens with two attached hydrogens (primary N) is 2. The van der Waals surface area contributed by atoms with E-state index >= 15 is 0 Å². The van der Waals surface area contributed by atoms with Gasteiger partial charge in [-0.1, -0.05) is 18.2 Å². The van der Waals surface area contributed by atoms with Crippen LogP contribution in [-0.2, 0) is 6.42 Å². The molecule has 0 saturated heterocycles. The van der Waals surface area contributed by atoms with Crippen LogP contribution in [0.2, 0.25) is 0 Å². The average Bonchev–Trinajstić information content (AvgIpc) is 2.49. The molecule has 0 aliphatic carbocycles. The lowest BCUT2D eigenvalue weighted by Gasteiger charge is -2.15. The van der Waals surface area contributed by atoms with E-state index in [-0.39, 0.29) is 6.04 Å². The zero-order chi connectivity index (χ0) is 14.8. The Kier molecular flexibility index (Phi) is 3.86. The van der Waals surface area contributed by atoms with Gasteiger partial charge in [0.15, 0.2) is 0 Å². The van der Waals surface area contributed by atoms with E-state index < -0.39 is 0 Å². The summed E-state index contributed by atoms with van der Waals surface area (Å²) in [5.41, 5.74) is 15.7. The van der Waals surface area contributed by atoms with Crippen LogP contribution in [0.4, 0.5) is 5.69 Å². The molecular formula is C16H15BrN4. The third-order valence-corrected chi connectivity index (χ3v) is 4.07. The summed E-state index contributed by atoms with van der Waals surface area (Å²) in [7, 11) is 0. The fraction of sp³-hybridized carbons (Fsp3) is 0.125. The molecule has 0 radical (unpaired) electrons. The Hall–Kier alpha value is -1.98. The van der Waals surface area contributed by atoms with Crippen molar-refractivity contribution in [2.45, 2.75) is 12.5 Å². The Morgan fingerprint density at radius 2 is 2.00 bits per heavy atom. The van der Waals surface area contributed by atoms with Crippen LogP contribution in [-0.4, -0.2) is 9.97 Å². The van der Waals surface area contributed by atoms with Gasteiger partial charge in [-0.05, 0) is 46.1 Å². The number of nitrogens with zero attached hydrogens (tertiary/aromatic N) is 2. The number of aromatic nitrogens is 2. The average molecular weight is 343 g/mol. The maximum Gasteiger partial charge on any atom is 0.0723 e. The molecule has 106 valence electrons. The smallest absolute Gasteiger partial charge is 0.0723 e. The maximum atomic E-state index is 6.31. The van der Waals surface area contributed by atoms with Gasteiger partial charge in [-0.3, -0.25) is 4.98 Å². The summed E-state index contributed by atoms with van der Waals surface area (Å²) in [6.45, 7) is 0. The van der Waals surface area contributed by atoms with E-state index in [1.807, 2.05) is 30.3 Å². The molecular weight excluding hydrogens is 328 g/mol. The zero-order valence-electron chi connectivity index (χ0n) is 11.3. The van der Waals surface area contributed by atoms with E-state index in [9.17, 15) is 0 Å². The number of para-hydroxylation sites is 1. The Balaban J connectivity index is 1.96. The number of nitrogen functional groups attached to an aromatic ring is 1. The molecule has 2 aromatic heterocycles. The van der Waals surface area contributed by atoms with E-state index in [4.69, 9.17) is 11.5 Å². The van der Waals surface area contributed by atoms with E-state index in [2.05, 4.69) is 25.9 Å². The zero-order valence-corrected chi connectivity index (χ0v) is 12.9. The molecule has 4 N–H and O–H groups in total. The molecule has 1 aromatic carbocycles. The monoisotopic (exact) mass is 342 g/mol. The minimum atomic E-state index is -0.240. The Labute approximate surface area is 131 Å². The SMILES string of the molecule is Nc1ccncc1CC(N)c1nc2ccccc2cc1Br. The van der Waals surface area contributed by atoms with Gasteiger partial charge < -0.3 is 11.5 Å². The minimum absolute atomic E-state index is 0.240. The normalized spacial score (nSPS) is 12.5. The van der Waals surface area contributed by atoms with Crippen LogP contribution in [0.1, 0.15) is 17.3 Å². The number of hydrogen-bond acceptors (Lipinski definition) is 4. The van der Waals surface area contributed by atoms with Crippen molar-refractivity contribution < 1.29 is 0 Å². The predicted molar refractivity (Wildman–Crippen MR) is 88.7 cm³/mol. The van der Waals surface area contributed by atoms with Crippen molar-refractivity contribution in [3.63, 3.8) is 0 Å². The highest BCUT2D eigenvalue weighted by Crippen LogP contribution is 2.27. The lowest BCUT2D eigenvalue weighted by atomic mass is 10.0. The van der Waals surface area contributed by atoms with Crippen LogP contribution >= 0.6 is 15.9 Å². The van der Waals surface area contributed by atoms with Crippen LogP contribution in [0.3, 0.4) is 0 Å². The summed E-state index contributed by atoms with van der Waals surface area (Å²) in [4.78, 5) is 8.76. The molecule has 0 aliphatic heterocycles. The van der Waals surface area contributed by atoms with Gasteiger partial charge in [-0.15, -0.1) is 0 Å². The molecule has 0 spiro atoms. The highest BCUT2D eigenvalue weighted by Gasteiger charge is 2.15. The first kappa shape index (κ1) is 14.0. The number of hydrogen-bond donors (Lipinski definition) is 2. The first-order chi connectivity index (χ1) is 10.1. The lowest BCUT2D eigenvalue weighted by molar-refractivity contribution is 0.695. The number of benzene rings is 1. The predicted octanol–water partition coefficient (Wildman–Crippen LogP) is 3.22. The number of halogens is 1. The molecule has 21 heavy (non-hydrogen) atoms. The maximum absolute atomic E-state index is 6.31. The van der Waals surface area contributed by atoms with Crippen LogP contribution in [0.5, 0.6) is 0 Å². The van der Waals surface area contributed by atoms with Gasteiger partial charge >= 0.3 is 0 Å². The van der Waals surface area contributed by atoms with E-state index in [0.717, 1.165) is 26.6 Å². The molecule has 0 amide bonds. The number of rotatable bonds is 3. The quantitative estimate of drug-likeness (QED) is 0.765. The molecule has 1 unspecified atom stereocenters. The van der Waals surface area contributed by atoms with Gasteiger partial charge in [0.1, 0.15) is 0 Å². The molecule has 4 nitrogen and oxygen atoms in total. The van der Waals surface area contributed by atoms with Crippen LogP contribution in [0.25, 0.3) is 10.9 Å². The molecule has 0 fully saturated rings. The van der Waals surface area contributed by atoms with Gasteiger partial charge in [0.2, 0.25) is 0 Å². The van der Waals surface area contributed by atoms with Gasteiger partial charge in [0.25, 0.3) is 0 Å². The molecule has 3 rings (SSSR count). The standard InChI is InChI=1S/C16H15BrN4/c17-12-7-10-3-1-2-4-15(10)21-16(12)14(19)8-11-9-20-6-5-13(11)18/h1-7,9,14H,8,19H2,(H2,18,20). The Morgan fingerprint density at radius 1 is 1.19 bits per heavy atom. The first-order valence-electron chi connectivity index (χ1n) is 6.64. The molecule has 3 aromatic rings. The summed E-state index contributed by atoms with van der Waals surface area (Å²) < 4.78 is 0.913. The minimum Gasteiger partial charge on any atom is -0.398 e. The Bertz CT molecular complexity index is 788. The lowest BCUT2D eigenvalue weighted by Crippen LogP contribution is -2.16. The number of anilines is 1. The summed E-state index contributed by atoms with van der Waals surface area (Å²) in [5.74, 6) is 0. The summed E-state index contributed by atoms with van der Waals surface area (Å²) in [5, 5.41) is 1.08. The van der Waals surface area contributed by atoms with Gasteiger partial charge in [-0.2, -0.15) is 0 Å². The van der Waals surface area contributed by atoms with Crippen molar-refractivity contribution >= 4 is 32.5 Å². The second kappa shape index (κ2) is 5.79. The molecule has 5 heteroatoms. The molecule has 0 bridgehead atoms. The molecule has 1 atom stereocenters. The van der Waals surface area contributed by atoms with Crippen molar-refractivity contribution in [2.75, 3.05) is 5.73 Å². The second-order valence-corrected chi connectivity index (χ2v) is 5.79. The fourth-order valence-electron chi connectivity index (χ4n) is 2.31.